The van der Waals surface area contributed by atoms with Crippen LogP contribution in [0.4, 0.5) is 0 Å². The summed E-state index contributed by atoms with van der Waals surface area (Å²) in [5.41, 5.74) is 4.22. The van der Waals surface area contributed by atoms with E-state index in [4.69, 9.17) is 0 Å². The van der Waals surface area contributed by atoms with Gasteiger partial charge >= 0.3 is 0 Å². The molecule has 5 rings (SSSR count). The molecule has 0 spiro atoms. The number of hydrogen-bond donors (Lipinski definition) is 0. The molecule has 158 valence electrons. The summed E-state index contributed by atoms with van der Waals surface area (Å²) in [5.74, 6) is 0.314. The quantitative estimate of drug-likeness (QED) is 0.254. The maximum absolute atomic E-state index is 2.56. The molecule has 0 heterocycles. The minimum absolute atomic E-state index is 0.314. The Bertz CT molecular complexity index is 1210. The highest BCUT2D eigenvalue weighted by Crippen LogP contribution is 2.40. The SMILES string of the molecule is C[Si](C)(C)c1ccc(C2C=Cc3ccccc32)c(P(c2ccccc2)c2ccccc2)c1. The van der Waals surface area contributed by atoms with Gasteiger partial charge in [0.25, 0.3) is 0 Å². The number of rotatable bonds is 5. The summed E-state index contributed by atoms with van der Waals surface area (Å²) in [7, 11) is -2.10. The number of hydrogen-bond acceptors (Lipinski definition) is 0. The molecule has 0 nitrogen and oxygen atoms in total. The van der Waals surface area contributed by atoms with Crippen molar-refractivity contribution >= 4 is 43.2 Å². The van der Waals surface area contributed by atoms with Crippen LogP contribution in [-0.4, -0.2) is 8.07 Å². The van der Waals surface area contributed by atoms with Crippen LogP contribution >= 0.6 is 7.92 Å². The summed E-state index contributed by atoms with van der Waals surface area (Å²) in [6.07, 6.45) is 4.69. The Morgan fingerprint density at radius 3 is 1.84 bits per heavy atom. The first-order valence-corrected chi connectivity index (χ1v) is 16.2. The second kappa shape index (κ2) is 8.66. The number of allylic oxidation sites excluding steroid dienone is 1. The van der Waals surface area contributed by atoms with Crippen molar-refractivity contribution in [3.63, 3.8) is 0 Å². The molecular formula is C30H29PSi. The van der Waals surface area contributed by atoms with Crippen LogP contribution in [0, 0.1) is 0 Å². The lowest BCUT2D eigenvalue weighted by Crippen LogP contribution is -2.40. The molecule has 1 atom stereocenters. The van der Waals surface area contributed by atoms with Crippen LogP contribution in [0.5, 0.6) is 0 Å². The molecule has 0 amide bonds. The lowest BCUT2D eigenvalue weighted by atomic mass is 9.93. The minimum atomic E-state index is -1.45. The van der Waals surface area contributed by atoms with E-state index < -0.39 is 16.0 Å². The van der Waals surface area contributed by atoms with Gasteiger partial charge in [-0.25, -0.2) is 0 Å². The molecule has 0 saturated heterocycles. The molecule has 0 aliphatic heterocycles. The first-order chi connectivity index (χ1) is 15.5. The summed E-state index contributed by atoms with van der Waals surface area (Å²) < 4.78 is 0. The van der Waals surface area contributed by atoms with Crippen molar-refractivity contribution in [1.82, 2.24) is 0 Å². The van der Waals surface area contributed by atoms with E-state index in [0.717, 1.165) is 0 Å². The molecule has 1 aliphatic rings. The van der Waals surface area contributed by atoms with Crippen LogP contribution < -0.4 is 21.1 Å². The fourth-order valence-electron chi connectivity index (χ4n) is 4.57. The molecule has 0 radical (unpaired) electrons. The molecule has 0 saturated carbocycles. The van der Waals surface area contributed by atoms with E-state index in [9.17, 15) is 0 Å². The predicted molar refractivity (Wildman–Crippen MR) is 145 cm³/mol. The maximum Gasteiger partial charge on any atom is 0.0776 e. The monoisotopic (exact) mass is 448 g/mol. The largest absolute Gasteiger partial charge is 0.0776 e. The van der Waals surface area contributed by atoms with E-state index in [1.54, 1.807) is 0 Å². The zero-order valence-corrected chi connectivity index (χ0v) is 20.9. The first kappa shape index (κ1) is 21.1. The Morgan fingerprint density at radius 2 is 1.22 bits per heavy atom. The molecule has 0 N–H and O–H groups in total. The molecule has 1 unspecified atom stereocenters. The van der Waals surface area contributed by atoms with Gasteiger partial charge in [-0.2, -0.15) is 0 Å². The fraction of sp³-hybridized carbons (Fsp3) is 0.133. The van der Waals surface area contributed by atoms with Crippen LogP contribution in [0.1, 0.15) is 22.6 Å². The van der Waals surface area contributed by atoms with E-state index in [-0.39, 0.29) is 0 Å². The highest BCUT2D eigenvalue weighted by atomic mass is 31.1. The average molecular weight is 449 g/mol. The third-order valence-corrected chi connectivity index (χ3v) is 10.8. The molecule has 0 bridgehead atoms. The van der Waals surface area contributed by atoms with Gasteiger partial charge in [-0.1, -0.05) is 140 Å². The Balaban J connectivity index is 1.76. The van der Waals surface area contributed by atoms with Crippen molar-refractivity contribution in [1.29, 1.82) is 0 Å². The van der Waals surface area contributed by atoms with Crippen molar-refractivity contribution in [2.24, 2.45) is 0 Å². The van der Waals surface area contributed by atoms with Gasteiger partial charge in [0, 0.05) is 5.92 Å². The van der Waals surface area contributed by atoms with Gasteiger partial charge in [-0.05, 0) is 40.5 Å². The van der Waals surface area contributed by atoms with E-state index in [1.807, 2.05) is 0 Å². The second-order valence-electron chi connectivity index (χ2n) is 9.50. The molecule has 0 fully saturated rings. The summed E-state index contributed by atoms with van der Waals surface area (Å²) in [6, 6.07) is 38.4. The third-order valence-electron chi connectivity index (χ3n) is 6.30. The van der Waals surface area contributed by atoms with E-state index in [2.05, 4.69) is 135 Å². The Labute approximate surface area is 194 Å². The third kappa shape index (κ3) is 4.04. The Morgan fingerprint density at radius 1 is 0.625 bits per heavy atom. The standard InChI is InChI=1S/C30H29PSi/c1-32(2,3)26-19-21-29(28-20-18-23-12-10-11-17-27(23)28)30(22-26)31(24-13-6-4-7-14-24)25-15-8-5-9-16-25/h4-22,28H,1-3H3. The van der Waals surface area contributed by atoms with Gasteiger partial charge in [-0.15, -0.1) is 0 Å². The summed E-state index contributed by atoms with van der Waals surface area (Å²) in [5, 5.41) is 5.87. The maximum atomic E-state index is 2.56. The van der Waals surface area contributed by atoms with Crippen molar-refractivity contribution < 1.29 is 0 Å². The molecule has 2 heteroatoms. The smallest absolute Gasteiger partial charge is 0.0720 e. The highest BCUT2D eigenvalue weighted by Gasteiger charge is 2.28. The van der Waals surface area contributed by atoms with Crippen LogP contribution in [0.2, 0.25) is 19.6 Å². The summed E-state index contributed by atoms with van der Waals surface area (Å²) >= 11 is 0. The molecule has 4 aromatic rings. The lowest BCUT2D eigenvalue weighted by Gasteiger charge is -2.28. The minimum Gasteiger partial charge on any atom is -0.0720 e. The topological polar surface area (TPSA) is 0 Å². The predicted octanol–water partition coefficient (Wildman–Crippen LogP) is 6.15. The first-order valence-electron chi connectivity index (χ1n) is 11.3. The zero-order chi connectivity index (χ0) is 22.1. The van der Waals surface area contributed by atoms with Gasteiger partial charge in [0.15, 0.2) is 0 Å². The highest BCUT2D eigenvalue weighted by molar-refractivity contribution is 7.80. The number of benzene rings is 4. The van der Waals surface area contributed by atoms with Crippen LogP contribution in [0.25, 0.3) is 6.08 Å². The van der Waals surface area contributed by atoms with Gasteiger partial charge in [0.2, 0.25) is 0 Å². The van der Waals surface area contributed by atoms with Gasteiger partial charge in [0.05, 0.1) is 8.07 Å². The van der Waals surface area contributed by atoms with Crippen molar-refractivity contribution in [3.05, 3.63) is 126 Å². The van der Waals surface area contributed by atoms with Gasteiger partial charge in [0.1, 0.15) is 0 Å². The van der Waals surface area contributed by atoms with Gasteiger partial charge < -0.3 is 0 Å². The zero-order valence-electron chi connectivity index (χ0n) is 19.0. The van der Waals surface area contributed by atoms with Crippen molar-refractivity contribution in [2.75, 3.05) is 0 Å². The van der Waals surface area contributed by atoms with Crippen LogP contribution in [0.15, 0.2) is 109 Å². The van der Waals surface area contributed by atoms with Crippen LogP contribution in [-0.2, 0) is 0 Å². The van der Waals surface area contributed by atoms with E-state index >= 15 is 0 Å². The molecule has 1 aliphatic carbocycles. The van der Waals surface area contributed by atoms with E-state index in [0.29, 0.717) is 5.92 Å². The average Bonchev–Trinajstić information content (AvgIpc) is 3.24. The lowest BCUT2D eigenvalue weighted by molar-refractivity contribution is 1.06. The second-order valence-corrected chi connectivity index (χ2v) is 16.8. The number of fused-ring (bicyclic) bond motifs is 1. The van der Waals surface area contributed by atoms with Gasteiger partial charge in [-0.3, -0.25) is 0 Å². The Hall–Kier alpha value is -2.73. The summed E-state index contributed by atoms with van der Waals surface area (Å²) in [4.78, 5) is 0. The molecule has 0 aromatic heterocycles. The summed E-state index contributed by atoms with van der Waals surface area (Å²) in [6.45, 7) is 7.34. The van der Waals surface area contributed by atoms with Crippen molar-refractivity contribution in [3.8, 4) is 0 Å². The Kier molecular flexibility index (Phi) is 5.72. The fourth-order valence-corrected chi connectivity index (χ4v) is 8.39. The van der Waals surface area contributed by atoms with Crippen molar-refractivity contribution in [2.45, 2.75) is 25.6 Å². The van der Waals surface area contributed by atoms with E-state index in [1.165, 1.54) is 37.8 Å². The molecular weight excluding hydrogens is 419 g/mol. The van der Waals surface area contributed by atoms with Crippen LogP contribution in [0.3, 0.4) is 0 Å². The molecule has 4 aromatic carbocycles. The molecule has 32 heavy (non-hydrogen) atoms. The normalized spacial score (nSPS) is 15.2.